The van der Waals surface area contributed by atoms with Crippen molar-refractivity contribution in [2.24, 2.45) is 0 Å². The van der Waals surface area contributed by atoms with Crippen molar-refractivity contribution in [3.63, 3.8) is 0 Å². The maximum absolute atomic E-state index is 13.8. The highest BCUT2D eigenvalue weighted by Crippen LogP contribution is 2.36. The fourth-order valence-corrected chi connectivity index (χ4v) is 3.77. The Hall–Kier alpha value is -2.43. The monoisotopic (exact) mass is 460 g/mol. The molecular formula is C20H21F5N4OS. The number of hydrogen-bond donors (Lipinski definition) is 1. The van der Waals surface area contributed by atoms with Gasteiger partial charge >= 0.3 is 6.18 Å². The number of aromatic nitrogens is 2. The molecule has 11 heteroatoms. The molecule has 2 aromatic rings. The topological polar surface area (TPSA) is 58.1 Å². The van der Waals surface area contributed by atoms with E-state index < -0.39 is 30.0 Å². The summed E-state index contributed by atoms with van der Waals surface area (Å²) in [5.74, 6) is -3.69. The molecule has 0 atom stereocenters. The first-order valence-corrected chi connectivity index (χ1v) is 10.8. The van der Waals surface area contributed by atoms with E-state index in [1.54, 1.807) is 12.3 Å². The number of aryl methyl sites for hydroxylation is 1. The number of thioether (sulfide) groups is 1. The highest BCUT2D eigenvalue weighted by molar-refractivity contribution is 7.98. The maximum Gasteiger partial charge on any atom is 0.418 e. The molecule has 0 bridgehead atoms. The molecule has 31 heavy (non-hydrogen) atoms. The van der Waals surface area contributed by atoms with Crippen molar-refractivity contribution in [3.8, 4) is 0 Å². The number of pyridine rings is 2. The predicted molar refractivity (Wildman–Crippen MR) is 109 cm³/mol. The van der Waals surface area contributed by atoms with Gasteiger partial charge in [-0.2, -0.15) is 13.2 Å². The first-order valence-electron chi connectivity index (χ1n) is 9.53. The van der Waals surface area contributed by atoms with E-state index in [0.717, 1.165) is 6.07 Å². The van der Waals surface area contributed by atoms with E-state index in [4.69, 9.17) is 0 Å². The van der Waals surface area contributed by atoms with Crippen molar-refractivity contribution >= 4 is 29.2 Å². The minimum absolute atomic E-state index is 0.0279. The van der Waals surface area contributed by atoms with Crippen LogP contribution in [0.5, 0.6) is 0 Å². The molecule has 1 aliphatic heterocycles. The highest BCUT2D eigenvalue weighted by atomic mass is 32.2. The third-order valence-corrected chi connectivity index (χ3v) is 5.60. The molecule has 5 nitrogen and oxygen atoms in total. The Bertz CT molecular complexity index is 967. The number of nitrogens with zero attached hydrogens (tertiary/aromatic N) is 3. The molecule has 1 fully saturated rings. The second-order valence-corrected chi connectivity index (χ2v) is 8.05. The number of nitrogens with one attached hydrogen (secondary N) is 1. The number of carbonyl (C=O) groups is 1. The normalized spacial score (nSPS) is 16.7. The van der Waals surface area contributed by atoms with Crippen LogP contribution in [0.15, 0.2) is 29.4 Å². The average Bonchev–Trinajstić information content (AvgIpc) is 2.87. The summed E-state index contributed by atoms with van der Waals surface area (Å²) >= 11 is 1.34. The van der Waals surface area contributed by atoms with Crippen LogP contribution in [0, 0.1) is 6.92 Å². The fraction of sp³-hybridized carbons (Fsp3) is 0.450. The highest BCUT2D eigenvalue weighted by Gasteiger charge is 2.37. The molecule has 0 unspecified atom stereocenters. The molecule has 0 spiro atoms. The summed E-state index contributed by atoms with van der Waals surface area (Å²) in [6, 6.07) is 3.84. The van der Waals surface area contributed by atoms with Crippen LogP contribution in [0.2, 0.25) is 0 Å². The third-order valence-electron chi connectivity index (χ3n) is 4.96. The van der Waals surface area contributed by atoms with Crippen molar-refractivity contribution < 1.29 is 26.7 Å². The number of anilines is 2. The van der Waals surface area contributed by atoms with Crippen molar-refractivity contribution in [2.75, 3.05) is 29.6 Å². The molecule has 1 N–H and O–H groups in total. The predicted octanol–water partition coefficient (Wildman–Crippen LogP) is 5.40. The van der Waals surface area contributed by atoms with E-state index in [0.29, 0.717) is 10.7 Å². The van der Waals surface area contributed by atoms with E-state index in [1.165, 1.54) is 35.8 Å². The van der Waals surface area contributed by atoms with Crippen molar-refractivity contribution in [2.45, 2.75) is 43.3 Å². The summed E-state index contributed by atoms with van der Waals surface area (Å²) in [4.78, 5) is 22.5. The van der Waals surface area contributed by atoms with Crippen LogP contribution in [-0.2, 0) is 6.18 Å². The molecule has 1 saturated heterocycles. The second-order valence-electron chi connectivity index (χ2n) is 7.23. The van der Waals surface area contributed by atoms with Gasteiger partial charge in [-0.15, -0.1) is 11.8 Å². The summed E-state index contributed by atoms with van der Waals surface area (Å²) in [5.41, 5.74) is -1.32. The molecule has 168 valence electrons. The fourth-order valence-electron chi connectivity index (χ4n) is 3.36. The van der Waals surface area contributed by atoms with Gasteiger partial charge in [0.05, 0.1) is 21.8 Å². The van der Waals surface area contributed by atoms with Crippen LogP contribution in [0.1, 0.15) is 40.9 Å². The average molecular weight is 460 g/mol. The minimum atomic E-state index is -4.71. The lowest BCUT2D eigenvalue weighted by Gasteiger charge is -2.25. The van der Waals surface area contributed by atoms with E-state index in [-0.39, 0.29) is 43.0 Å². The smallest absolute Gasteiger partial charge is 0.356 e. The summed E-state index contributed by atoms with van der Waals surface area (Å²) in [7, 11) is 0. The molecule has 2 aromatic heterocycles. The zero-order valence-electron chi connectivity index (χ0n) is 16.9. The quantitative estimate of drug-likeness (QED) is 0.489. The first-order chi connectivity index (χ1) is 14.5. The summed E-state index contributed by atoms with van der Waals surface area (Å²) in [6.07, 6.45) is -2.10. The van der Waals surface area contributed by atoms with Gasteiger partial charge in [0, 0.05) is 37.8 Å². The van der Waals surface area contributed by atoms with Crippen LogP contribution in [0.3, 0.4) is 0 Å². The zero-order valence-corrected chi connectivity index (χ0v) is 17.7. The summed E-state index contributed by atoms with van der Waals surface area (Å²) in [5, 5.41) is 3.18. The van der Waals surface area contributed by atoms with E-state index in [9.17, 15) is 26.7 Å². The lowest BCUT2D eigenvalue weighted by atomic mass is 10.1. The van der Waals surface area contributed by atoms with Crippen molar-refractivity contribution in [1.29, 1.82) is 0 Å². The van der Waals surface area contributed by atoms with Gasteiger partial charge in [-0.05, 0) is 37.8 Å². The second kappa shape index (κ2) is 8.97. The molecule has 1 aliphatic rings. The van der Waals surface area contributed by atoms with E-state index >= 15 is 0 Å². The van der Waals surface area contributed by atoms with Gasteiger partial charge < -0.3 is 10.2 Å². The number of carbonyl (C=O) groups excluding carboxylic acids is 1. The molecule has 0 aliphatic carbocycles. The first kappa shape index (κ1) is 23.2. The molecule has 0 saturated carbocycles. The lowest BCUT2D eigenvalue weighted by molar-refractivity contribution is -0.138. The van der Waals surface area contributed by atoms with Crippen LogP contribution in [0.25, 0.3) is 0 Å². The Morgan fingerprint density at radius 2 is 1.97 bits per heavy atom. The standard InChI is InChI=1S/C20H21F5N4OS/c1-12-15(20(23,24)25)11-14(18(30)28-13-4-7-26-16(10-13)31-2)17(27-12)29-8-3-5-19(21,22)6-9-29/h4,7,10-11H,3,5-6,8-9H2,1-2H3,(H,26,28,30). The molecular weight excluding hydrogens is 439 g/mol. The Kier molecular flexibility index (Phi) is 6.73. The number of halogens is 5. The van der Waals surface area contributed by atoms with Gasteiger partial charge in [-0.25, -0.2) is 18.7 Å². The number of rotatable bonds is 4. The largest absolute Gasteiger partial charge is 0.418 e. The molecule has 1 amide bonds. The van der Waals surface area contributed by atoms with Crippen molar-refractivity contribution in [1.82, 2.24) is 9.97 Å². The summed E-state index contributed by atoms with van der Waals surface area (Å²) < 4.78 is 68.0. The van der Waals surface area contributed by atoms with E-state index in [1.807, 2.05) is 0 Å². The lowest BCUT2D eigenvalue weighted by Crippen LogP contribution is -2.30. The zero-order chi connectivity index (χ0) is 22.8. The van der Waals surface area contributed by atoms with Crippen LogP contribution in [-0.4, -0.2) is 41.1 Å². The number of alkyl halides is 5. The minimum Gasteiger partial charge on any atom is -0.356 e. The SMILES string of the molecule is CSc1cc(NC(=O)c2cc(C(F)(F)F)c(C)nc2N2CCCC(F)(F)CC2)ccn1. The van der Waals surface area contributed by atoms with Gasteiger partial charge in [-0.1, -0.05) is 0 Å². The Labute approximate surface area is 180 Å². The Balaban J connectivity index is 2.01. The molecule has 0 aromatic carbocycles. The molecule has 3 rings (SSSR count). The number of hydrogen-bond acceptors (Lipinski definition) is 5. The van der Waals surface area contributed by atoms with Gasteiger partial charge in [0.25, 0.3) is 5.91 Å². The number of amides is 1. The summed E-state index contributed by atoms with van der Waals surface area (Å²) in [6.45, 7) is 1.24. The Morgan fingerprint density at radius 3 is 2.65 bits per heavy atom. The van der Waals surface area contributed by atoms with Gasteiger partial charge in [0.1, 0.15) is 5.82 Å². The van der Waals surface area contributed by atoms with Gasteiger partial charge in [0.2, 0.25) is 5.92 Å². The third kappa shape index (κ3) is 5.63. The van der Waals surface area contributed by atoms with Crippen LogP contribution >= 0.6 is 11.8 Å². The van der Waals surface area contributed by atoms with Crippen LogP contribution in [0.4, 0.5) is 33.5 Å². The van der Waals surface area contributed by atoms with Gasteiger partial charge in [-0.3, -0.25) is 4.79 Å². The molecule has 3 heterocycles. The van der Waals surface area contributed by atoms with Gasteiger partial charge in [0.15, 0.2) is 0 Å². The Morgan fingerprint density at radius 1 is 1.23 bits per heavy atom. The van der Waals surface area contributed by atoms with Crippen LogP contribution < -0.4 is 10.2 Å². The maximum atomic E-state index is 13.8. The van der Waals surface area contributed by atoms with E-state index in [2.05, 4.69) is 15.3 Å². The molecule has 0 radical (unpaired) electrons. The van der Waals surface area contributed by atoms with Crippen molar-refractivity contribution in [3.05, 3.63) is 41.2 Å².